The maximum atomic E-state index is 12.6. The van der Waals surface area contributed by atoms with Crippen molar-refractivity contribution in [2.75, 3.05) is 11.4 Å². The lowest BCUT2D eigenvalue weighted by Crippen LogP contribution is -2.30. The van der Waals surface area contributed by atoms with E-state index in [0.717, 1.165) is 23.2 Å². The van der Waals surface area contributed by atoms with Crippen molar-refractivity contribution < 1.29 is 9.63 Å². The highest BCUT2D eigenvalue weighted by Gasteiger charge is 2.33. The van der Waals surface area contributed by atoms with Gasteiger partial charge in [-0.15, -0.1) is 0 Å². The molecule has 0 bridgehead atoms. The number of anilines is 1. The maximum Gasteiger partial charge on any atom is 0.281 e. The van der Waals surface area contributed by atoms with Gasteiger partial charge in [-0.2, -0.15) is 5.26 Å². The van der Waals surface area contributed by atoms with Crippen LogP contribution in [0.2, 0.25) is 0 Å². The maximum absolute atomic E-state index is 12.6. The summed E-state index contributed by atoms with van der Waals surface area (Å²) in [5.41, 5.74) is 3.51. The predicted molar refractivity (Wildman–Crippen MR) is 91.6 cm³/mol. The Labute approximate surface area is 140 Å². The van der Waals surface area contributed by atoms with Gasteiger partial charge in [-0.05, 0) is 30.2 Å². The number of nitrogens with zero attached hydrogens (tertiary/aromatic N) is 3. The Bertz CT molecular complexity index is 819. The van der Waals surface area contributed by atoms with Crippen LogP contribution in [0, 0.1) is 11.3 Å². The van der Waals surface area contributed by atoms with E-state index >= 15 is 0 Å². The fourth-order valence-electron chi connectivity index (χ4n) is 2.64. The molecule has 1 aliphatic heterocycles. The molecule has 2 aromatic rings. The normalized spacial score (nSPS) is 14.6. The number of carbonyl (C=O) groups is 1. The van der Waals surface area contributed by atoms with Gasteiger partial charge in [0.2, 0.25) is 0 Å². The highest BCUT2D eigenvalue weighted by molar-refractivity contribution is 6.54. The molecule has 2 aromatic carbocycles. The number of fused-ring (bicyclic) bond motifs is 1. The number of hydrogen-bond acceptors (Lipinski definition) is 4. The van der Waals surface area contributed by atoms with Gasteiger partial charge in [0, 0.05) is 12.1 Å². The Morgan fingerprint density at radius 2 is 1.92 bits per heavy atom. The SMILES string of the molecule is CCCN1C(=O)C(=NOCc2ccc(C#N)cc2)c2ccccc21. The molecular formula is C19H17N3O2. The number of hydrogen-bond donors (Lipinski definition) is 0. The Morgan fingerprint density at radius 3 is 2.62 bits per heavy atom. The van der Waals surface area contributed by atoms with Crippen LogP contribution < -0.4 is 4.90 Å². The number of para-hydroxylation sites is 1. The van der Waals surface area contributed by atoms with Gasteiger partial charge >= 0.3 is 0 Å². The largest absolute Gasteiger partial charge is 0.390 e. The van der Waals surface area contributed by atoms with Crippen molar-refractivity contribution in [3.8, 4) is 6.07 Å². The third kappa shape index (κ3) is 2.99. The first-order chi connectivity index (χ1) is 11.7. The van der Waals surface area contributed by atoms with Gasteiger partial charge in [0.15, 0.2) is 5.71 Å². The lowest BCUT2D eigenvalue weighted by atomic mass is 10.1. The molecule has 0 aromatic heterocycles. The Morgan fingerprint density at radius 1 is 1.17 bits per heavy atom. The number of benzene rings is 2. The first-order valence-electron chi connectivity index (χ1n) is 7.85. The van der Waals surface area contributed by atoms with Crippen LogP contribution in [0.4, 0.5) is 5.69 Å². The van der Waals surface area contributed by atoms with Gasteiger partial charge in [0.05, 0.1) is 17.3 Å². The summed E-state index contributed by atoms with van der Waals surface area (Å²) in [6, 6.07) is 16.8. The van der Waals surface area contributed by atoms with Crippen LogP contribution in [0.15, 0.2) is 53.7 Å². The highest BCUT2D eigenvalue weighted by atomic mass is 16.6. The molecule has 0 aliphatic carbocycles. The van der Waals surface area contributed by atoms with Crippen LogP contribution in [-0.4, -0.2) is 18.2 Å². The molecular weight excluding hydrogens is 302 g/mol. The lowest BCUT2D eigenvalue weighted by molar-refractivity contribution is -0.112. The highest BCUT2D eigenvalue weighted by Crippen LogP contribution is 2.29. The summed E-state index contributed by atoms with van der Waals surface area (Å²) in [6.45, 7) is 2.94. The summed E-state index contributed by atoms with van der Waals surface area (Å²) in [5, 5.41) is 12.9. The van der Waals surface area contributed by atoms with Crippen LogP contribution in [0.5, 0.6) is 0 Å². The van der Waals surface area contributed by atoms with E-state index in [0.29, 0.717) is 17.8 Å². The van der Waals surface area contributed by atoms with Gasteiger partial charge in [-0.1, -0.05) is 42.4 Å². The molecule has 1 amide bonds. The molecule has 120 valence electrons. The summed E-state index contributed by atoms with van der Waals surface area (Å²) in [4.78, 5) is 19.7. The van der Waals surface area contributed by atoms with E-state index in [1.807, 2.05) is 43.3 Å². The number of rotatable bonds is 5. The zero-order valence-corrected chi connectivity index (χ0v) is 13.4. The van der Waals surface area contributed by atoms with Crippen LogP contribution in [0.1, 0.15) is 30.0 Å². The molecule has 0 atom stereocenters. The summed E-state index contributed by atoms with van der Waals surface area (Å²) in [5.74, 6) is -0.127. The average Bonchev–Trinajstić information content (AvgIpc) is 2.88. The van der Waals surface area contributed by atoms with Crippen molar-refractivity contribution in [3.63, 3.8) is 0 Å². The molecule has 0 radical (unpaired) electrons. The van der Waals surface area contributed by atoms with E-state index in [1.165, 1.54) is 0 Å². The van der Waals surface area contributed by atoms with Crippen molar-refractivity contribution in [2.45, 2.75) is 20.0 Å². The van der Waals surface area contributed by atoms with Crippen molar-refractivity contribution >= 4 is 17.3 Å². The fourth-order valence-corrected chi connectivity index (χ4v) is 2.64. The Hall–Kier alpha value is -3.13. The monoisotopic (exact) mass is 319 g/mol. The zero-order chi connectivity index (χ0) is 16.9. The Kier molecular flexibility index (Phi) is 4.57. The fraction of sp³-hybridized carbons (Fsp3) is 0.211. The second-order valence-corrected chi connectivity index (χ2v) is 5.50. The number of nitriles is 1. The van der Waals surface area contributed by atoms with E-state index in [-0.39, 0.29) is 12.5 Å². The summed E-state index contributed by atoms with van der Waals surface area (Å²) >= 11 is 0. The Balaban J connectivity index is 1.77. The molecule has 1 heterocycles. The molecule has 0 spiro atoms. The number of oxime groups is 1. The summed E-state index contributed by atoms with van der Waals surface area (Å²) in [7, 11) is 0. The molecule has 0 unspecified atom stereocenters. The van der Waals surface area contributed by atoms with E-state index in [1.54, 1.807) is 17.0 Å². The predicted octanol–water partition coefficient (Wildman–Crippen LogP) is 3.24. The quantitative estimate of drug-likeness (QED) is 0.795. The molecule has 0 saturated carbocycles. The van der Waals surface area contributed by atoms with E-state index in [2.05, 4.69) is 11.2 Å². The van der Waals surface area contributed by atoms with E-state index in [9.17, 15) is 4.79 Å². The lowest BCUT2D eigenvalue weighted by Gasteiger charge is -2.14. The summed E-state index contributed by atoms with van der Waals surface area (Å²) < 4.78 is 0. The van der Waals surface area contributed by atoms with Crippen molar-refractivity contribution in [3.05, 3.63) is 65.2 Å². The van der Waals surface area contributed by atoms with Gasteiger partial charge < -0.3 is 9.74 Å². The molecule has 0 saturated heterocycles. The van der Waals surface area contributed by atoms with Gasteiger partial charge in [0.1, 0.15) is 6.61 Å². The zero-order valence-electron chi connectivity index (χ0n) is 13.4. The topological polar surface area (TPSA) is 65.7 Å². The van der Waals surface area contributed by atoms with Crippen molar-refractivity contribution in [2.24, 2.45) is 5.16 Å². The molecule has 1 aliphatic rings. The van der Waals surface area contributed by atoms with Crippen LogP contribution in [0.25, 0.3) is 0 Å². The summed E-state index contributed by atoms with van der Waals surface area (Å²) in [6.07, 6.45) is 0.874. The molecule has 5 nitrogen and oxygen atoms in total. The van der Waals surface area contributed by atoms with Gasteiger partial charge in [0.25, 0.3) is 5.91 Å². The van der Waals surface area contributed by atoms with Crippen LogP contribution in [-0.2, 0) is 16.2 Å². The van der Waals surface area contributed by atoms with Gasteiger partial charge in [-0.25, -0.2) is 0 Å². The van der Waals surface area contributed by atoms with E-state index in [4.69, 9.17) is 10.1 Å². The number of amides is 1. The van der Waals surface area contributed by atoms with Crippen molar-refractivity contribution in [1.29, 1.82) is 5.26 Å². The standard InChI is InChI=1S/C19H17N3O2/c1-2-11-22-17-6-4-3-5-16(17)18(19(22)23)21-24-13-15-9-7-14(12-20)8-10-15/h3-10H,2,11,13H2,1H3. The molecule has 3 rings (SSSR count). The molecule has 0 fully saturated rings. The second kappa shape index (κ2) is 6.97. The second-order valence-electron chi connectivity index (χ2n) is 5.50. The van der Waals surface area contributed by atoms with Crippen LogP contribution >= 0.6 is 0 Å². The third-order valence-electron chi connectivity index (χ3n) is 3.81. The minimum absolute atomic E-state index is 0.127. The number of carbonyl (C=O) groups excluding carboxylic acids is 1. The van der Waals surface area contributed by atoms with Crippen molar-refractivity contribution in [1.82, 2.24) is 0 Å². The first kappa shape index (κ1) is 15.8. The van der Waals surface area contributed by atoms with E-state index < -0.39 is 0 Å². The smallest absolute Gasteiger partial charge is 0.281 e. The minimum atomic E-state index is -0.127. The average molecular weight is 319 g/mol. The first-order valence-corrected chi connectivity index (χ1v) is 7.85. The minimum Gasteiger partial charge on any atom is -0.390 e. The molecule has 24 heavy (non-hydrogen) atoms. The molecule has 0 N–H and O–H groups in total. The molecule has 5 heteroatoms. The third-order valence-corrected chi connectivity index (χ3v) is 3.81. The van der Waals surface area contributed by atoms with Gasteiger partial charge in [-0.3, -0.25) is 4.79 Å². The van der Waals surface area contributed by atoms with Crippen LogP contribution in [0.3, 0.4) is 0 Å².